The Hall–Kier alpha value is -3.90. The van der Waals surface area contributed by atoms with Crippen LogP contribution in [0.1, 0.15) is 29.5 Å². The number of Topliss-reactive ketones (excluding diaryl/α,β-unsaturated/α-hetero) is 1. The number of rotatable bonds is 9. The van der Waals surface area contributed by atoms with Crippen molar-refractivity contribution in [1.82, 2.24) is 4.90 Å². The number of aliphatic hydroxyl groups excluding tert-OH is 1. The van der Waals surface area contributed by atoms with Gasteiger partial charge in [0.2, 0.25) is 0 Å². The second kappa shape index (κ2) is 11.0. The first-order chi connectivity index (χ1) is 17.0. The van der Waals surface area contributed by atoms with Gasteiger partial charge in [0, 0.05) is 25.1 Å². The summed E-state index contributed by atoms with van der Waals surface area (Å²) in [7, 11) is 1.55. The van der Waals surface area contributed by atoms with E-state index in [0.29, 0.717) is 24.5 Å². The molecule has 180 valence electrons. The van der Waals surface area contributed by atoms with Crippen LogP contribution >= 0.6 is 0 Å². The maximum atomic E-state index is 13.1. The first-order valence-corrected chi connectivity index (χ1v) is 11.6. The van der Waals surface area contributed by atoms with Crippen molar-refractivity contribution in [2.45, 2.75) is 25.5 Å². The summed E-state index contributed by atoms with van der Waals surface area (Å²) >= 11 is 0. The zero-order chi connectivity index (χ0) is 24.8. The molecular weight excluding hydrogens is 442 g/mol. The van der Waals surface area contributed by atoms with E-state index in [2.05, 4.69) is 0 Å². The van der Waals surface area contributed by atoms with Crippen LogP contribution in [0.4, 0.5) is 0 Å². The number of nitrogens with zero attached hydrogens (tertiary/aromatic N) is 1. The van der Waals surface area contributed by atoms with Crippen LogP contribution in [0.5, 0.6) is 5.75 Å². The number of aliphatic hydroxyl groups is 1. The number of benzene rings is 3. The van der Waals surface area contributed by atoms with Gasteiger partial charge in [0.1, 0.15) is 18.1 Å². The third kappa shape index (κ3) is 5.28. The highest BCUT2D eigenvalue weighted by molar-refractivity contribution is 6.46. The molecule has 4 rings (SSSR count). The van der Waals surface area contributed by atoms with Crippen LogP contribution in [-0.2, 0) is 20.9 Å². The molecule has 2 atom stereocenters. The lowest BCUT2D eigenvalue weighted by Gasteiger charge is -2.30. The molecular formula is C29H29NO5. The van der Waals surface area contributed by atoms with Gasteiger partial charge in [0.05, 0.1) is 18.2 Å². The highest BCUT2D eigenvalue weighted by Crippen LogP contribution is 2.37. The Labute approximate surface area is 205 Å². The lowest BCUT2D eigenvalue weighted by atomic mass is 9.87. The number of hydrogen-bond donors (Lipinski definition) is 1. The average Bonchev–Trinajstić information content (AvgIpc) is 3.16. The molecule has 1 heterocycles. The third-order valence-electron chi connectivity index (χ3n) is 6.30. The smallest absolute Gasteiger partial charge is 0.295 e. The van der Waals surface area contributed by atoms with Crippen LogP contribution in [-0.4, -0.2) is 48.0 Å². The maximum Gasteiger partial charge on any atom is 0.295 e. The second-order valence-electron chi connectivity index (χ2n) is 8.53. The molecule has 0 radical (unpaired) electrons. The van der Waals surface area contributed by atoms with Crippen LogP contribution in [0.3, 0.4) is 0 Å². The van der Waals surface area contributed by atoms with Gasteiger partial charge in [-0.25, -0.2) is 0 Å². The van der Waals surface area contributed by atoms with Gasteiger partial charge in [-0.1, -0.05) is 67.6 Å². The van der Waals surface area contributed by atoms with E-state index in [1.165, 1.54) is 4.90 Å². The van der Waals surface area contributed by atoms with Crippen molar-refractivity contribution in [3.05, 3.63) is 107 Å². The van der Waals surface area contributed by atoms with Crippen LogP contribution < -0.4 is 4.74 Å². The van der Waals surface area contributed by atoms with E-state index in [-0.39, 0.29) is 23.8 Å². The fraction of sp³-hybridized carbons (Fsp3) is 0.241. The first kappa shape index (κ1) is 24.2. The maximum absolute atomic E-state index is 13.1. The number of ether oxygens (including phenoxy) is 2. The zero-order valence-corrected chi connectivity index (χ0v) is 19.9. The lowest BCUT2D eigenvalue weighted by Crippen LogP contribution is -2.39. The second-order valence-corrected chi connectivity index (χ2v) is 8.53. The Morgan fingerprint density at radius 3 is 2.20 bits per heavy atom. The molecule has 2 unspecified atom stereocenters. The van der Waals surface area contributed by atoms with E-state index in [1.54, 1.807) is 31.4 Å². The number of carbonyl (C=O) groups excluding carboxylic acids is 2. The molecule has 1 N–H and O–H groups in total. The van der Waals surface area contributed by atoms with Gasteiger partial charge < -0.3 is 19.5 Å². The summed E-state index contributed by atoms with van der Waals surface area (Å²) in [6, 6.07) is 25.8. The molecule has 1 aliphatic heterocycles. The summed E-state index contributed by atoms with van der Waals surface area (Å²) in [5, 5.41) is 11.2. The van der Waals surface area contributed by atoms with E-state index >= 15 is 0 Å². The minimum absolute atomic E-state index is 0.111. The number of ketones is 1. The summed E-state index contributed by atoms with van der Waals surface area (Å²) in [6.45, 7) is 2.93. The molecule has 6 nitrogen and oxygen atoms in total. The van der Waals surface area contributed by atoms with Gasteiger partial charge in [-0.05, 0) is 35.4 Å². The molecule has 3 aromatic rings. The Morgan fingerprint density at radius 1 is 0.943 bits per heavy atom. The summed E-state index contributed by atoms with van der Waals surface area (Å²) in [5.74, 6) is -1.07. The van der Waals surface area contributed by atoms with Crippen molar-refractivity contribution in [2.75, 3.05) is 20.3 Å². The number of hydrogen-bond acceptors (Lipinski definition) is 5. The predicted octanol–water partition coefficient (Wildman–Crippen LogP) is 4.76. The number of methoxy groups -OCH3 is 1. The van der Waals surface area contributed by atoms with Crippen molar-refractivity contribution in [2.24, 2.45) is 0 Å². The molecule has 1 saturated heterocycles. The minimum atomic E-state index is -0.684. The molecule has 0 aromatic heterocycles. The fourth-order valence-electron chi connectivity index (χ4n) is 4.40. The van der Waals surface area contributed by atoms with E-state index in [1.807, 2.05) is 67.6 Å². The molecule has 0 aliphatic carbocycles. The summed E-state index contributed by atoms with van der Waals surface area (Å²) in [5.41, 5.74) is 2.58. The van der Waals surface area contributed by atoms with Crippen LogP contribution in [0.2, 0.25) is 0 Å². The topological polar surface area (TPSA) is 76.1 Å². The van der Waals surface area contributed by atoms with E-state index in [4.69, 9.17) is 9.47 Å². The zero-order valence-electron chi connectivity index (χ0n) is 19.9. The highest BCUT2D eigenvalue weighted by atomic mass is 16.5. The van der Waals surface area contributed by atoms with Gasteiger partial charge in [0.25, 0.3) is 11.7 Å². The van der Waals surface area contributed by atoms with Crippen molar-refractivity contribution in [3.8, 4) is 5.75 Å². The standard InChI is InChI=1S/C29H29NO5/c1-20(22-11-7-4-8-12-22)26-25(28(32)29(33)30(26)17-18-34-2)27(31)23-13-15-24(16-14-23)35-19-21-9-5-3-6-10-21/h3-16,20,26,31H,17-19H2,1-2H3/b27-25+. The van der Waals surface area contributed by atoms with Crippen LogP contribution in [0.15, 0.2) is 90.5 Å². The molecule has 35 heavy (non-hydrogen) atoms. The highest BCUT2D eigenvalue weighted by Gasteiger charge is 2.47. The Bertz CT molecular complexity index is 1190. The molecule has 1 amide bonds. The van der Waals surface area contributed by atoms with Gasteiger partial charge in [-0.15, -0.1) is 0 Å². The van der Waals surface area contributed by atoms with Gasteiger partial charge in [-0.2, -0.15) is 0 Å². The average molecular weight is 472 g/mol. The molecule has 0 bridgehead atoms. The third-order valence-corrected chi connectivity index (χ3v) is 6.30. The van der Waals surface area contributed by atoms with Crippen molar-refractivity contribution in [3.63, 3.8) is 0 Å². The summed E-state index contributed by atoms with van der Waals surface area (Å²) in [4.78, 5) is 27.5. The minimum Gasteiger partial charge on any atom is -0.507 e. The SMILES string of the molecule is COCCN1C(=O)C(=O)/C(=C(/O)c2ccc(OCc3ccccc3)cc2)C1C(C)c1ccccc1. The van der Waals surface area contributed by atoms with Crippen molar-refractivity contribution >= 4 is 17.4 Å². The van der Waals surface area contributed by atoms with Crippen LogP contribution in [0, 0.1) is 0 Å². The molecule has 1 aliphatic rings. The van der Waals surface area contributed by atoms with Crippen LogP contribution in [0.25, 0.3) is 5.76 Å². The predicted molar refractivity (Wildman–Crippen MR) is 134 cm³/mol. The van der Waals surface area contributed by atoms with E-state index in [0.717, 1.165) is 11.1 Å². The van der Waals surface area contributed by atoms with E-state index in [9.17, 15) is 14.7 Å². The number of likely N-dealkylation sites (tertiary alicyclic amines) is 1. The lowest BCUT2D eigenvalue weighted by molar-refractivity contribution is -0.140. The first-order valence-electron chi connectivity index (χ1n) is 11.6. The van der Waals surface area contributed by atoms with Gasteiger partial charge >= 0.3 is 0 Å². The summed E-state index contributed by atoms with van der Waals surface area (Å²) < 4.78 is 11.0. The van der Waals surface area contributed by atoms with Crippen molar-refractivity contribution in [1.29, 1.82) is 0 Å². The number of amides is 1. The largest absolute Gasteiger partial charge is 0.507 e. The van der Waals surface area contributed by atoms with Crippen molar-refractivity contribution < 1.29 is 24.2 Å². The van der Waals surface area contributed by atoms with Gasteiger partial charge in [-0.3, -0.25) is 9.59 Å². The fourth-order valence-corrected chi connectivity index (χ4v) is 4.40. The summed E-state index contributed by atoms with van der Waals surface area (Å²) in [6.07, 6.45) is 0. The normalized spacial score (nSPS) is 18.0. The monoisotopic (exact) mass is 471 g/mol. The Balaban J connectivity index is 1.64. The molecule has 0 saturated carbocycles. The quantitative estimate of drug-likeness (QED) is 0.277. The van der Waals surface area contributed by atoms with Gasteiger partial charge in [0.15, 0.2) is 0 Å². The molecule has 0 spiro atoms. The Kier molecular flexibility index (Phi) is 7.63. The number of carbonyl (C=O) groups is 2. The Morgan fingerprint density at radius 2 is 1.57 bits per heavy atom. The molecule has 3 aromatic carbocycles. The molecule has 1 fully saturated rings. The van der Waals surface area contributed by atoms with E-state index < -0.39 is 17.7 Å². The molecule has 6 heteroatoms.